The maximum absolute atomic E-state index is 13.2. The van der Waals surface area contributed by atoms with Crippen LogP contribution in [0.3, 0.4) is 0 Å². The number of methoxy groups -OCH3 is 1. The van der Waals surface area contributed by atoms with Gasteiger partial charge in [-0.1, -0.05) is 24.3 Å². The molecule has 5 heteroatoms. The molecule has 3 aromatic rings. The minimum atomic E-state index is -0.234. The number of rotatable bonds is 6. The van der Waals surface area contributed by atoms with Crippen LogP contribution in [0.15, 0.2) is 42.5 Å². The highest BCUT2D eigenvalue weighted by Gasteiger charge is 2.28. The number of benzene rings is 2. The Labute approximate surface area is 194 Å². The maximum atomic E-state index is 13.2. The zero-order valence-electron chi connectivity index (χ0n) is 19.4. The molecule has 0 unspecified atom stereocenters. The first-order valence-corrected chi connectivity index (χ1v) is 12.1. The summed E-state index contributed by atoms with van der Waals surface area (Å²) in [5.74, 6) is 1.23. The van der Waals surface area contributed by atoms with E-state index < -0.39 is 0 Å². The molecule has 5 nitrogen and oxygen atoms in total. The van der Waals surface area contributed by atoms with E-state index in [1.165, 1.54) is 16.5 Å². The third-order valence-electron chi connectivity index (χ3n) is 7.52. The number of aromatic amines is 1. The van der Waals surface area contributed by atoms with E-state index in [-0.39, 0.29) is 23.8 Å². The molecule has 1 aromatic heterocycles. The van der Waals surface area contributed by atoms with Crippen LogP contribution in [0.4, 0.5) is 0 Å². The van der Waals surface area contributed by atoms with Gasteiger partial charge in [0.2, 0.25) is 5.91 Å². The van der Waals surface area contributed by atoms with Crippen molar-refractivity contribution in [1.29, 1.82) is 0 Å². The number of aromatic nitrogens is 1. The van der Waals surface area contributed by atoms with Gasteiger partial charge in [-0.15, -0.1) is 0 Å². The van der Waals surface area contributed by atoms with Crippen LogP contribution >= 0.6 is 0 Å². The largest absolute Gasteiger partial charge is 0.497 e. The van der Waals surface area contributed by atoms with Crippen LogP contribution in [0.2, 0.25) is 0 Å². The van der Waals surface area contributed by atoms with E-state index >= 15 is 0 Å². The quantitative estimate of drug-likeness (QED) is 0.536. The summed E-state index contributed by atoms with van der Waals surface area (Å²) in [5.41, 5.74) is 5.69. The molecule has 3 atom stereocenters. The molecule has 33 heavy (non-hydrogen) atoms. The van der Waals surface area contributed by atoms with Gasteiger partial charge in [0, 0.05) is 28.9 Å². The fourth-order valence-corrected chi connectivity index (χ4v) is 5.49. The zero-order chi connectivity index (χ0) is 22.9. The predicted molar refractivity (Wildman–Crippen MR) is 130 cm³/mol. The second-order valence-electron chi connectivity index (χ2n) is 9.61. The van der Waals surface area contributed by atoms with Gasteiger partial charge in [-0.05, 0) is 80.3 Å². The lowest BCUT2D eigenvalue weighted by Crippen LogP contribution is -2.34. The van der Waals surface area contributed by atoms with Gasteiger partial charge in [-0.2, -0.15) is 0 Å². The van der Waals surface area contributed by atoms with Crippen LogP contribution in [0.1, 0.15) is 73.4 Å². The van der Waals surface area contributed by atoms with Gasteiger partial charge in [0.05, 0.1) is 19.1 Å². The average Bonchev–Trinajstić information content (AvgIpc) is 3.42. The fourth-order valence-electron chi connectivity index (χ4n) is 5.49. The van der Waals surface area contributed by atoms with Crippen LogP contribution in [0, 0.1) is 5.92 Å². The second-order valence-corrected chi connectivity index (χ2v) is 9.61. The molecule has 2 N–H and O–H groups in total. The Kier molecular flexibility index (Phi) is 5.96. The Hall–Kier alpha value is -3.08. The van der Waals surface area contributed by atoms with E-state index in [9.17, 15) is 9.59 Å². The Morgan fingerprint density at radius 1 is 1.12 bits per heavy atom. The third-order valence-corrected chi connectivity index (χ3v) is 7.52. The van der Waals surface area contributed by atoms with Crippen molar-refractivity contribution in [3.63, 3.8) is 0 Å². The molecule has 1 amide bonds. The van der Waals surface area contributed by atoms with Crippen molar-refractivity contribution in [1.82, 2.24) is 10.3 Å². The summed E-state index contributed by atoms with van der Waals surface area (Å²) in [5, 5.41) is 4.48. The van der Waals surface area contributed by atoms with Crippen LogP contribution in [-0.4, -0.2) is 23.8 Å². The van der Waals surface area contributed by atoms with Crippen molar-refractivity contribution in [2.45, 2.75) is 63.8 Å². The monoisotopic (exact) mass is 444 g/mol. The Morgan fingerprint density at radius 3 is 2.64 bits per heavy atom. The topological polar surface area (TPSA) is 71.2 Å². The van der Waals surface area contributed by atoms with Crippen LogP contribution in [-0.2, 0) is 22.4 Å². The van der Waals surface area contributed by atoms with Crippen molar-refractivity contribution in [3.05, 3.63) is 64.8 Å². The van der Waals surface area contributed by atoms with Crippen LogP contribution in [0.5, 0.6) is 5.75 Å². The molecule has 2 aliphatic rings. The lowest BCUT2D eigenvalue weighted by molar-refractivity contribution is -0.123. The van der Waals surface area contributed by atoms with Crippen LogP contribution in [0.25, 0.3) is 10.9 Å². The minimum Gasteiger partial charge on any atom is -0.497 e. The molecule has 0 bridgehead atoms. The minimum absolute atomic E-state index is 0.00486. The lowest BCUT2D eigenvalue weighted by atomic mass is 9.90. The van der Waals surface area contributed by atoms with Gasteiger partial charge in [-0.25, -0.2) is 0 Å². The number of aryl methyl sites for hydroxylation is 1. The predicted octanol–water partition coefficient (Wildman–Crippen LogP) is 5.39. The molecule has 172 valence electrons. The van der Waals surface area contributed by atoms with E-state index in [0.29, 0.717) is 5.78 Å². The standard InChI is InChI=1S/C28H32N2O3/c1-17(19-11-9-18(10-12-19)15-20-5-3-8-26(20)31)28(32)30-25-7-4-6-22-23-16-21(33-2)13-14-24(23)29-27(22)25/h9-14,16-17,20,25,29H,3-8,15H2,1-2H3,(H,30,32)/t17-,20+,25+/m1/s1. The molecule has 0 saturated heterocycles. The highest BCUT2D eigenvalue weighted by Crippen LogP contribution is 2.36. The number of ketones is 1. The first-order valence-electron chi connectivity index (χ1n) is 12.1. The van der Waals surface area contributed by atoms with Gasteiger partial charge in [0.1, 0.15) is 11.5 Å². The summed E-state index contributed by atoms with van der Waals surface area (Å²) >= 11 is 0. The molecule has 0 spiro atoms. The van der Waals surface area contributed by atoms with Gasteiger partial charge >= 0.3 is 0 Å². The normalized spacial score (nSPS) is 21.1. The first kappa shape index (κ1) is 21.7. The number of carbonyl (C=O) groups is 2. The number of amides is 1. The SMILES string of the molecule is COc1ccc2[nH]c3c(c2c1)CCC[C@@H]3NC(=O)[C@H](C)c1ccc(C[C@@H]2CCCC2=O)cc1. The maximum Gasteiger partial charge on any atom is 0.227 e. The summed E-state index contributed by atoms with van der Waals surface area (Å²) < 4.78 is 5.40. The Bertz CT molecular complexity index is 1180. The van der Waals surface area contributed by atoms with Gasteiger partial charge in [0.25, 0.3) is 0 Å². The summed E-state index contributed by atoms with van der Waals surface area (Å²) in [6.45, 7) is 1.96. The molecule has 2 aliphatic carbocycles. The van der Waals surface area contributed by atoms with E-state index in [4.69, 9.17) is 4.74 Å². The third kappa shape index (κ3) is 4.29. The highest BCUT2D eigenvalue weighted by atomic mass is 16.5. The molecule has 0 aliphatic heterocycles. The highest BCUT2D eigenvalue weighted by molar-refractivity contribution is 5.88. The number of carbonyl (C=O) groups excluding carboxylic acids is 2. The molecule has 1 heterocycles. The summed E-state index contributed by atoms with van der Waals surface area (Å²) in [7, 11) is 1.69. The molecule has 5 rings (SSSR count). The van der Waals surface area contributed by atoms with E-state index in [1.54, 1.807) is 7.11 Å². The number of fused-ring (bicyclic) bond motifs is 3. The van der Waals surface area contributed by atoms with E-state index in [0.717, 1.165) is 67.5 Å². The van der Waals surface area contributed by atoms with Crippen molar-refractivity contribution >= 4 is 22.6 Å². The smallest absolute Gasteiger partial charge is 0.227 e. The number of H-pyrrole nitrogens is 1. The fraction of sp³-hybridized carbons (Fsp3) is 0.429. The summed E-state index contributed by atoms with van der Waals surface area (Å²) in [6, 6.07) is 14.3. The first-order chi connectivity index (χ1) is 16.0. The van der Waals surface area contributed by atoms with E-state index in [1.807, 2.05) is 25.1 Å². The number of nitrogens with one attached hydrogen (secondary N) is 2. The number of hydrogen-bond acceptors (Lipinski definition) is 3. The summed E-state index contributed by atoms with van der Waals surface area (Å²) in [4.78, 5) is 28.7. The molecule has 1 saturated carbocycles. The van der Waals surface area contributed by atoms with Crippen LogP contribution < -0.4 is 10.1 Å². The average molecular weight is 445 g/mol. The van der Waals surface area contributed by atoms with Gasteiger partial charge in [0.15, 0.2) is 0 Å². The number of hydrogen-bond donors (Lipinski definition) is 2. The van der Waals surface area contributed by atoms with Crippen molar-refractivity contribution in [2.24, 2.45) is 5.92 Å². The Morgan fingerprint density at radius 2 is 1.91 bits per heavy atom. The van der Waals surface area contributed by atoms with Crippen molar-refractivity contribution in [3.8, 4) is 5.75 Å². The lowest BCUT2D eigenvalue weighted by Gasteiger charge is -2.25. The van der Waals surface area contributed by atoms with E-state index in [2.05, 4.69) is 34.6 Å². The molecule has 2 aromatic carbocycles. The van der Waals surface area contributed by atoms with Crippen molar-refractivity contribution < 1.29 is 14.3 Å². The van der Waals surface area contributed by atoms with Crippen molar-refractivity contribution in [2.75, 3.05) is 7.11 Å². The molecular formula is C28H32N2O3. The second kappa shape index (κ2) is 9.05. The molecule has 1 fully saturated rings. The number of Topliss-reactive ketones (excluding diaryl/α,β-unsaturated/α-hetero) is 1. The molecule has 0 radical (unpaired) electrons. The molecular weight excluding hydrogens is 412 g/mol. The van der Waals surface area contributed by atoms with Gasteiger partial charge in [-0.3, -0.25) is 9.59 Å². The zero-order valence-corrected chi connectivity index (χ0v) is 19.4. The Balaban J connectivity index is 1.28. The number of ether oxygens (including phenoxy) is 1. The summed E-state index contributed by atoms with van der Waals surface area (Å²) in [6.07, 6.45) is 6.56. The van der Waals surface area contributed by atoms with Gasteiger partial charge < -0.3 is 15.0 Å².